The molecule has 25 heavy (non-hydrogen) atoms. The van der Waals surface area contributed by atoms with Gasteiger partial charge in [0.05, 0.1) is 12.8 Å². The molecular formula is C16H12F4N2O2S. The van der Waals surface area contributed by atoms with Crippen LogP contribution in [-0.2, 0) is 11.0 Å². The van der Waals surface area contributed by atoms with Gasteiger partial charge in [-0.15, -0.1) is 6.42 Å². The zero-order valence-corrected chi connectivity index (χ0v) is 13.9. The van der Waals surface area contributed by atoms with E-state index in [2.05, 4.69) is 10.0 Å². The molecule has 0 fully saturated rings. The van der Waals surface area contributed by atoms with Gasteiger partial charge in [0.25, 0.3) is 0 Å². The van der Waals surface area contributed by atoms with Gasteiger partial charge in [0.1, 0.15) is 10.5 Å². The van der Waals surface area contributed by atoms with Crippen LogP contribution in [0.3, 0.4) is 0 Å². The number of rotatable bonds is 5. The van der Waals surface area contributed by atoms with Gasteiger partial charge in [-0.25, -0.2) is 21.8 Å². The minimum atomic E-state index is -2.45. The number of ether oxygens (including phenoxy) is 1. The largest absolute Gasteiger partial charge is 0.494 e. The normalized spacial score (nSPS) is 11.6. The molecule has 0 radical (unpaired) electrons. The molecule has 2 rings (SSSR count). The molecule has 0 saturated carbocycles. The van der Waals surface area contributed by atoms with Crippen molar-refractivity contribution in [1.29, 1.82) is 0 Å². The molecule has 0 amide bonds. The van der Waals surface area contributed by atoms with E-state index in [4.69, 9.17) is 11.2 Å². The predicted octanol–water partition coefficient (Wildman–Crippen LogP) is 3.41. The fourth-order valence-corrected chi connectivity index (χ4v) is 3.12. The Hall–Kier alpha value is -2.73. The van der Waals surface area contributed by atoms with Crippen molar-refractivity contribution in [3.05, 3.63) is 47.0 Å². The van der Waals surface area contributed by atoms with Gasteiger partial charge < -0.3 is 14.8 Å². The summed E-state index contributed by atoms with van der Waals surface area (Å²) in [5.41, 5.74) is -1.50. The van der Waals surface area contributed by atoms with Gasteiger partial charge in [-0.1, -0.05) is 5.92 Å². The average Bonchev–Trinajstić information content (AvgIpc) is 2.58. The average molecular weight is 372 g/mol. The fraction of sp³-hybridized carbons (Fsp3) is 0.125. The van der Waals surface area contributed by atoms with E-state index in [1.165, 1.54) is 26.3 Å². The van der Waals surface area contributed by atoms with Gasteiger partial charge in [-0.2, -0.15) is 0 Å². The van der Waals surface area contributed by atoms with E-state index < -0.39 is 50.4 Å². The number of halogens is 4. The van der Waals surface area contributed by atoms with Crippen LogP contribution in [0.1, 0.15) is 5.56 Å². The van der Waals surface area contributed by atoms with Gasteiger partial charge in [-0.05, 0) is 12.1 Å². The van der Waals surface area contributed by atoms with Crippen molar-refractivity contribution in [2.45, 2.75) is 4.90 Å². The van der Waals surface area contributed by atoms with E-state index in [9.17, 15) is 21.8 Å². The maximum atomic E-state index is 14.2. The van der Waals surface area contributed by atoms with E-state index in [-0.39, 0.29) is 11.4 Å². The molecule has 2 aromatic carbocycles. The molecule has 4 nitrogen and oxygen atoms in total. The summed E-state index contributed by atoms with van der Waals surface area (Å²) in [5.74, 6) is -3.58. The van der Waals surface area contributed by atoms with Crippen LogP contribution in [0, 0.1) is 35.6 Å². The van der Waals surface area contributed by atoms with Crippen molar-refractivity contribution >= 4 is 22.4 Å². The lowest BCUT2D eigenvalue weighted by Gasteiger charge is -2.15. The van der Waals surface area contributed by atoms with E-state index in [1.807, 2.05) is 0 Å². The molecule has 0 saturated heterocycles. The van der Waals surface area contributed by atoms with E-state index >= 15 is 0 Å². The minimum Gasteiger partial charge on any atom is -0.494 e. The lowest BCUT2D eigenvalue weighted by molar-refractivity contribution is 0.387. The third-order valence-corrected chi connectivity index (χ3v) is 4.39. The molecule has 2 N–H and O–H groups in total. The van der Waals surface area contributed by atoms with Crippen LogP contribution in [0.15, 0.2) is 23.1 Å². The number of anilines is 2. The lowest BCUT2D eigenvalue weighted by Crippen LogP contribution is -2.14. The van der Waals surface area contributed by atoms with Crippen LogP contribution in [-0.4, -0.2) is 18.4 Å². The van der Waals surface area contributed by atoms with Crippen LogP contribution in [0.25, 0.3) is 0 Å². The molecule has 1 unspecified atom stereocenters. The predicted molar refractivity (Wildman–Crippen MR) is 86.8 cm³/mol. The zero-order valence-electron chi connectivity index (χ0n) is 13.0. The summed E-state index contributed by atoms with van der Waals surface area (Å²) in [5, 5.41) is 2.30. The highest BCUT2D eigenvalue weighted by Crippen LogP contribution is 2.32. The van der Waals surface area contributed by atoms with Crippen LogP contribution >= 0.6 is 0 Å². The molecule has 0 aliphatic carbocycles. The quantitative estimate of drug-likeness (QED) is 0.481. The van der Waals surface area contributed by atoms with Crippen molar-refractivity contribution in [3.63, 3.8) is 0 Å². The van der Waals surface area contributed by atoms with Crippen molar-refractivity contribution < 1.29 is 26.5 Å². The van der Waals surface area contributed by atoms with Gasteiger partial charge in [0.2, 0.25) is 0 Å². The third kappa shape index (κ3) is 3.39. The second-order valence-electron chi connectivity index (χ2n) is 4.64. The lowest BCUT2D eigenvalue weighted by atomic mass is 10.1. The highest BCUT2D eigenvalue weighted by Gasteiger charge is 2.27. The van der Waals surface area contributed by atoms with E-state index in [0.717, 1.165) is 6.07 Å². The number of nitrogens with one attached hydrogen (secondary N) is 2. The summed E-state index contributed by atoms with van der Waals surface area (Å²) in [7, 11) is 0.0381. The summed E-state index contributed by atoms with van der Waals surface area (Å²) in [6, 6.07) is 3.49. The molecule has 0 aromatic heterocycles. The standard InChI is InChI=1S/C16H12F4N2O2S/c1-4-9-12(18)14(20)16(15(21-2)13(9)19)25(23)22-8-5-6-11(24-3)10(17)7-8/h1,5-7,21-22H,2-3H3. The minimum absolute atomic E-state index is 0.0140. The fourth-order valence-electron chi connectivity index (χ4n) is 2.05. The summed E-state index contributed by atoms with van der Waals surface area (Å²) >= 11 is 0. The molecule has 0 aliphatic heterocycles. The van der Waals surface area contributed by atoms with Crippen LogP contribution in [0.4, 0.5) is 28.9 Å². The Morgan fingerprint density at radius 3 is 2.36 bits per heavy atom. The maximum Gasteiger partial charge on any atom is 0.180 e. The Kier molecular flexibility index (Phi) is 5.54. The second-order valence-corrected chi connectivity index (χ2v) is 5.79. The smallest absolute Gasteiger partial charge is 0.180 e. The molecule has 0 bridgehead atoms. The number of terminal acetylenes is 1. The first kappa shape index (κ1) is 18.6. The molecule has 9 heteroatoms. The molecule has 132 valence electrons. The second kappa shape index (κ2) is 7.44. The van der Waals surface area contributed by atoms with Crippen molar-refractivity contribution in [3.8, 4) is 18.1 Å². The molecule has 2 aromatic rings. The molecular weight excluding hydrogens is 360 g/mol. The summed E-state index contributed by atoms with van der Waals surface area (Å²) in [6.07, 6.45) is 4.97. The Morgan fingerprint density at radius 1 is 1.16 bits per heavy atom. The third-order valence-electron chi connectivity index (χ3n) is 3.22. The zero-order chi connectivity index (χ0) is 18.7. The molecule has 0 aliphatic rings. The van der Waals surface area contributed by atoms with Crippen LogP contribution in [0.2, 0.25) is 0 Å². The Labute approximate surface area is 143 Å². The monoisotopic (exact) mass is 372 g/mol. The van der Waals surface area contributed by atoms with Crippen molar-refractivity contribution in [2.75, 3.05) is 24.2 Å². The Balaban J connectivity index is 2.50. The highest BCUT2D eigenvalue weighted by molar-refractivity contribution is 7.86. The Morgan fingerprint density at radius 2 is 1.84 bits per heavy atom. The van der Waals surface area contributed by atoms with Crippen molar-refractivity contribution in [2.24, 2.45) is 0 Å². The first-order valence-electron chi connectivity index (χ1n) is 6.72. The SMILES string of the molecule is C#Cc1c(F)c(F)c(S(=O)Nc2ccc(OC)c(F)c2)c(NC)c1F. The van der Waals surface area contributed by atoms with Crippen LogP contribution < -0.4 is 14.8 Å². The molecule has 1 atom stereocenters. The maximum absolute atomic E-state index is 14.2. The Bertz CT molecular complexity index is 897. The van der Waals surface area contributed by atoms with E-state index in [0.29, 0.717) is 0 Å². The number of hydrogen-bond donors (Lipinski definition) is 2. The van der Waals surface area contributed by atoms with Gasteiger partial charge in [0, 0.05) is 18.8 Å². The topological polar surface area (TPSA) is 50.4 Å². The van der Waals surface area contributed by atoms with Gasteiger partial charge in [0.15, 0.2) is 40.0 Å². The van der Waals surface area contributed by atoms with E-state index in [1.54, 1.807) is 5.92 Å². The summed E-state index contributed by atoms with van der Waals surface area (Å²) in [6.45, 7) is 0. The number of methoxy groups -OCH3 is 1. The summed E-state index contributed by atoms with van der Waals surface area (Å²) in [4.78, 5) is -0.812. The number of benzene rings is 2. The molecule has 0 heterocycles. The summed E-state index contributed by atoms with van der Waals surface area (Å²) < 4.78 is 75.3. The highest BCUT2D eigenvalue weighted by atomic mass is 32.2. The van der Waals surface area contributed by atoms with Crippen molar-refractivity contribution in [1.82, 2.24) is 0 Å². The first-order valence-corrected chi connectivity index (χ1v) is 7.87. The first-order chi connectivity index (χ1) is 11.8. The van der Waals surface area contributed by atoms with Gasteiger partial charge >= 0.3 is 0 Å². The number of hydrogen-bond acceptors (Lipinski definition) is 3. The molecule has 0 spiro atoms. The van der Waals surface area contributed by atoms with Crippen LogP contribution in [0.5, 0.6) is 5.75 Å². The van der Waals surface area contributed by atoms with Gasteiger partial charge in [-0.3, -0.25) is 0 Å².